The van der Waals surface area contributed by atoms with E-state index in [1.165, 1.54) is 0 Å². The molecule has 1 N–H and O–H groups in total. The molecule has 1 fully saturated rings. The third-order valence-corrected chi connectivity index (χ3v) is 6.24. The summed E-state index contributed by atoms with van der Waals surface area (Å²) in [6.07, 6.45) is 7.67. The maximum Gasteiger partial charge on any atom is 0.410 e. The van der Waals surface area contributed by atoms with Gasteiger partial charge in [-0.1, -0.05) is 23.7 Å². The Morgan fingerprint density at radius 2 is 1.88 bits per heavy atom. The second-order valence-corrected chi connectivity index (χ2v) is 9.90. The van der Waals surface area contributed by atoms with E-state index in [1.807, 2.05) is 57.3 Å². The van der Waals surface area contributed by atoms with Crippen LogP contribution in [0.1, 0.15) is 44.9 Å². The Hall–Kier alpha value is -2.57. The molecule has 7 heteroatoms. The van der Waals surface area contributed by atoms with Crippen molar-refractivity contribution < 1.29 is 14.3 Å². The lowest BCUT2D eigenvalue weighted by Gasteiger charge is -2.43. The number of carbonyl (C=O) groups is 2. The fraction of sp³-hybridized carbons (Fsp3) is 0.440. The molecule has 0 spiro atoms. The van der Waals surface area contributed by atoms with Gasteiger partial charge in [-0.2, -0.15) is 0 Å². The van der Waals surface area contributed by atoms with Crippen LogP contribution >= 0.6 is 11.6 Å². The van der Waals surface area contributed by atoms with Gasteiger partial charge in [0.1, 0.15) is 5.60 Å². The second kappa shape index (κ2) is 8.75. The van der Waals surface area contributed by atoms with Gasteiger partial charge >= 0.3 is 6.09 Å². The highest BCUT2D eigenvalue weighted by Gasteiger charge is 2.38. The van der Waals surface area contributed by atoms with Crippen LogP contribution < -0.4 is 5.32 Å². The number of halogens is 1. The van der Waals surface area contributed by atoms with E-state index in [0.29, 0.717) is 36.8 Å². The van der Waals surface area contributed by atoms with Gasteiger partial charge in [0.25, 0.3) is 0 Å². The van der Waals surface area contributed by atoms with Crippen LogP contribution in [0.4, 0.5) is 4.79 Å². The predicted molar refractivity (Wildman–Crippen MR) is 126 cm³/mol. The highest BCUT2D eigenvalue weighted by atomic mass is 35.5. The van der Waals surface area contributed by atoms with E-state index in [9.17, 15) is 9.59 Å². The van der Waals surface area contributed by atoms with E-state index in [4.69, 9.17) is 16.3 Å². The van der Waals surface area contributed by atoms with Crippen molar-refractivity contribution in [2.75, 3.05) is 26.2 Å². The average molecular weight is 456 g/mol. The van der Waals surface area contributed by atoms with Crippen LogP contribution in [0, 0.1) is 0 Å². The van der Waals surface area contributed by atoms with Crippen LogP contribution in [0.15, 0.2) is 48.2 Å². The first-order chi connectivity index (χ1) is 15.1. The Morgan fingerprint density at radius 3 is 2.53 bits per heavy atom. The Bertz CT molecular complexity index is 1010. The SMILES string of the molecule is CC(=O)C1=CC2=CC=CNC2C(N2CCN(C(=O)OC(C)(C)C)CC2)c2ccc(Cl)cc21. The van der Waals surface area contributed by atoms with Gasteiger partial charge in [-0.15, -0.1) is 0 Å². The number of fused-ring (bicyclic) bond motifs is 2. The maximum atomic E-state index is 12.6. The molecule has 32 heavy (non-hydrogen) atoms. The number of rotatable bonds is 2. The Labute approximate surface area is 194 Å². The molecule has 2 atom stereocenters. The highest BCUT2D eigenvalue weighted by Crippen LogP contribution is 2.40. The molecule has 0 bridgehead atoms. The number of ketones is 1. The first-order valence-corrected chi connectivity index (χ1v) is 11.4. The molecule has 2 unspecified atom stereocenters. The summed E-state index contributed by atoms with van der Waals surface area (Å²) in [5.41, 5.74) is 3.16. The van der Waals surface area contributed by atoms with Gasteiger partial charge in [0.2, 0.25) is 0 Å². The summed E-state index contributed by atoms with van der Waals surface area (Å²) >= 11 is 6.34. The number of piperazine rings is 1. The van der Waals surface area contributed by atoms with E-state index in [1.54, 1.807) is 11.8 Å². The zero-order valence-corrected chi connectivity index (χ0v) is 19.8. The number of hydrogen-bond acceptors (Lipinski definition) is 5. The van der Waals surface area contributed by atoms with Crippen LogP contribution in [0.5, 0.6) is 0 Å². The lowest BCUT2D eigenvalue weighted by atomic mass is 9.89. The fourth-order valence-corrected chi connectivity index (χ4v) is 4.75. The first kappa shape index (κ1) is 22.6. The van der Waals surface area contributed by atoms with Crippen LogP contribution in [-0.4, -0.2) is 59.5 Å². The third kappa shape index (κ3) is 4.62. The van der Waals surface area contributed by atoms with Crippen LogP contribution in [0.3, 0.4) is 0 Å². The number of nitrogens with zero attached hydrogens (tertiary/aromatic N) is 2. The van der Waals surface area contributed by atoms with Gasteiger partial charge < -0.3 is 15.0 Å². The molecular weight excluding hydrogens is 426 g/mol. The van der Waals surface area contributed by atoms with Crippen LogP contribution in [-0.2, 0) is 9.53 Å². The van der Waals surface area contributed by atoms with Gasteiger partial charge in [0.15, 0.2) is 5.78 Å². The molecule has 6 nitrogen and oxygen atoms in total. The lowest BCUT2D eigenvalue weighted by molar-refractivity contribution is -0.111. The largest absolute Gasteiger partial charge is 0.444 e. The summed E-state index contributed by atoms with van der Waals surface area (Å²) in [5, 5.41) is 4.11. The number of hydrogen-bond donors (Lipinski definition) is 1. The van der Waals surface area contributed by atoms with Gasteiger partial charge in [-0.3, -0.25) is 9.69 Å². The average Bonchev–Trinajstić information content (AvgIpc) is 2.87. The van der Waals surface area contributed by atoms with Crippen LogP contribution in [0.2, 0.25) is 5.02 Å². The number of ether oxygens (including phenoxy) is 1. The molecule has 2 aliphatic heterocycles. The van der Waals surface area contributed by atoms with Gasteiger partial charge in [-0.25, -0.2) is 4.79 Å². The molecule has 1 saturated heterocycles. The van der Waals surface area contributed by atoms with Crippen molar-refractivity contribution in [2.24, 2.45) is 0 Å². The molecule has 1 aromatic carbocycles. The standard InChI is InChI=1S/C25H30ClN3O3/c1-16(30)20-14-17-6-5-9-27-22(17)23(19-8-7-18(26)15-21(19)20)28-10-12-29(13-11-28)24(31)32-25(2,3)4/h5-9,14-15,22-23,27H,10-13H2,1-4H3. The topological polar surface area (TPSA) is 61.9 Å². The summed E-state index contributed by atoms with van der Waals surface area (Å²) in [5.74, 6) is 0.0121. The molecule has 1 aliphatic carbocycles. The predicted octanol–water partition coefficient (Wildman–Crippen LogP) is 4.33. The number of carbonyl (C=O) groups excluding carboxylic acids is 2. The maximum absolute atomic E-state index is 12.6. The van der Waals surface area contributed by atoms with Crippen molar-refractivity contribution in [1.82, 2.24) is 15.1 Å². The Balaban J connectivity index is 1.66. The van der Waals surface area contributed by atoms with Gasteiger partial charge in [-0.05, 0) is 74.9 Å². The van der Waals surface area contributed by atoms with Crippen molar-refractivity contribution >= 4 is 29.1 Å². The first-order valence-electron chi connectivity index (χ1n) is 11.0. The molecule has 1 amide bonds. The smallest absolute Gasteiger partial charge is 0.410 e. The van der Waals surface area contributed by atoms with E-state index >= 15 is 0 Å². The normalized spacial score (nSPS) is 23.2. The molecule has 1 aromatic rings. The minimum Gasteiger partial charge on any atom is -0.444 e. The number of nitrogens with one attached hydrogen (secondary N) is 1. The zero-order valence-electron chi connectivity index (χ0n) is 19.0. The summed E-state index contributed by atoms with van der Waals surface area (Å²) in [6.45, 7) is 9.82. The van der Waals surface area contributed by atoms with Gasteiger partial charge in [0.05, 0.1) is 12.1 Å². The van der Waals surface area contributed by atoms with Crippen molar-refractivity contribution in [2.45, 2.75) is 45.4 Å². The van der Waals surface area contributed by atoms with Crippen molar-refractivity contribution in [1.29, 1.82) is 0 Å². The molecule has 0 saturated carbocycles. The molecule has 2 heterocycles. The summed E-state index contributed by atoms with van der Waals surface area (Å²) in [6, 6.07) is 5.79. The van der Waals surface area contributed by atoms with Gasteiger partial charge in [0, 0.05) is 36.8 Å². The highest BCUT2D eigenvalue weighted by molar-refractivity contribution is 6.31. The van der Waals surface area contributed by atoms with Crippen LogP contribution in [0.25, 0.3) is 5.57 Å². The zero-order chi connectivity index (χ0) is 23.0. The van der Waals surface area contributed by atoms with E-state index < -0.39 is 5.60 Å². The van der Waals surface area contributed by atoms with E-state index in [0.717, 1.165) is 16.7 Å². The minimum atomic E-state index is -0.513. The van der Waals surface area contributed by atoms with Crippen molar-refractivity contribution in [3.63, 3.8) is 0 Å². The molecule has 170 valence electrons. The van der Waals surface area contributed by atoms with Crippen molar-refractivity contribution in [3.8, 4) is 0 Å². The second-order valence-electron chi connectivity index (χ2n) is 9.46. The molecule has 0 aromatic heterocycles. The van der Waals surface area contributed by atoms with Crippen molar-refractivity contribution in [3.05, 3.63) is 64.3 Å². The quantitative estimate of drug-likeness (QED) is 0.719. The number of dihydropyridines is 1. The summed E-state index contributed by atoms with van der Waals surface area (Å²) in [7, 11) is 0. The molecule has 3 aliphatic rings. The summed E-state index contributed by atoms with van der Waals surface area (Å²) in [4.78, 5) is 29.2. The van der Waals surface area contributed by atoms with E-state index in [-0.39, 0.29) is 24.0 Å². The number of amides is 1. The monoisotopic (exact) mass is 455 g/mol. The molecular formula is C25H30ClN3O3. The molecule has 4 rings (SSSR count). The number of benzene rings is 1. The number of Topliss-reactive ketones (excluding diaryl/α,β-unsaturated/α-hetero) is 1. The molecule has 0 radical (unpaired) electrons. The van der Waals surface area contributed by atoms with E-state index in [2.05, 4.69) is 16.3 Å². The lowest BCUT2D eigenvalue weighted by Crippen LogP contribution is -2.54. The fourth-order valence-electron chi connectivity index (χ4n) is 4.58. The third-order valence-electron chi connectivity index (χ3n) is 6.01. The number of allylic oxidation sites excluding steroid dienone is 3. The summed E-state index contributed by atoms with van der Waals surface area (Å²) < 4.78 is 5.55. The minimum absolute atomic E-state index is 0.00708. The Morgan fingerprint density at radius 1 is 1.16 bits per heavy atom. The Kier molecular flexibility index (Phi) is 6.19.